The summed E-state index contributed by atoms with van der Waals surface area (Å²) in [5, 5.41) is 11.0. The summed E-state index contributed by atoms with van der Waals surface area (Å²) in [6.07, 6.45) is -0.384. The lowest BCUT2D eigenvalue weighted by Gasteiger charge is -2.33. The zero-order valence-corrected chi connectivity index (χ0v) is 12.2. The van der Waals surface area contributed by atoms with Crippen LogP contribution in [0.4, 0.5) is 0 Å². The molecule has 0 radical (unpaired) electrons. The Morgan fingerprint density at radius 2 is 1.64 bits per heavy atom. The largest absolute Gasteiger partial charge is 0.466 e. The number of benzene rings is 2. The Bertz CT molecular complexity index is 750. The second-order valence-corrected chi connectivity index (χ2v) is 5.26. The predicted molar refractivity (Wildman–Crippen MR) is 81.4 cm³/mol. The van der Waals surface area contributed by atoms with Gasteiger partial charge in [0.15, 0.2) is 11.4 Å². The van der Waals surface area contributed by atoms with Gasteiger partial charge in [-0.3, -0.25) is 9.59 Å². The molecule has 22 heavy (non-hydrogen) atoms. The second kappa shape index (κ2) is 5.39. The van der Waals surface area contributed by atoms with Crippen molar-refractivity contribution in [2.24, 2.45) is 0 Å². The number of carbonyl (C=O) groups excluding carboxylic acids is 2. The molecule has 0 saturated carbocycles. The lowest BCUT2D eigenvalue weighted by molar-refractivity contribution is -0.147. The monoisotopic (exact) mass is 296 g/mol. The molecular weight excluding hydrogens is 280 g/mol. The zero-order chi connectivity index (χ0) is 15.7. The van der Waals surface area contributed by atoms with Gasteiger partial charge < -0.3 is 9.84 Å². The highest BCUT2D eigenvalue weighted by Gasteiger charge is 2.46. The third-order valence-corrected chi connectivity index (χ3v) is 3.92. The van der Waals surface area contributed by atoms with E-state index < -0.39 is 17.4 Å². The first-order valence-corrected chi connectivity index (χ1v) is 7.19. The van der Waals surface area contributed by atoms with Crippen LogP contribution in [0.25, 0.3) is 11.1 Å². The minimum Gasteiger partial charge on any atom is -0.466 e. The number of ether oxygens (including phenoxy) is 1. The number of hydrogen-bond donors (Lipinski definition) is 1. The molecule has 0 heterocycles. The van der Waals surface area contributed by atoms with Gasteiger partial charge in [0, 0.05) is 5.56 Å². The van der Waals surface area contributed by atoms with E-state index in [0.29, 0.717) is 11.1 Å². The van der Waals surface area contributed by atoms with Crippen LogP contribution in [0.15, 0.2) is 48.5 Å². The molecule has 0 bridgehead atoms. The molecule has 2 aromatic carbocycles. The zero-order valence-electron chi connectivity index (χ0n) is 12.2. The van der Waals surface area contributed by atoms with E-state index in [4.69, 9.17) is 4.74 Å². The highest BCUT2D eigenvalue weighted by molar-refractivity contribution is 6.12. The highest BCUT2D eigenvalue weighted by atomic mass is 16.5. The van der Waals surface area contributed by atoms with Crippen molar-refractivity contribution in [3.63, 3.8) is 0 Å². The summed E-state index contributed by atoms with van der Waals surface area (Å²) in [5.74, 6) is -1.05. The van der Waals surface area contributed by atoms with E-state index in [0.717, 1.165) is 11.1 Å². The number of carbonyl (C=O) groups is 2. The summed E-state index contributed by atoms with van der Waals surface area (Å²) < 4.78 is 4.91. The molecule has 0 aromatic heterocycles. The summed E-state index contributed by atoms with van der Waals surface area (Å²) in [7, 11) is 0. The average Bonchev–Trinajstić information content (AvgIpc) is 2.53. The molecule has 1 N–H and O–H groups in total. The Balaban J connectivity index is 2.17. The number of ketones is 1. The molecular formula is C18H16O4. The summed E-state index contributed by atoms with van der Waals surface area (Å²) >= 11 is 0. The number of Topliss-reactive ketones (excluding diaryl/α,β-unsaturated/α-hetero) is 1. The fourth-order valence-corrected chi connectivity index (χ4v) is 2.94. The van der Waals surface area contributed by atoms with E-state index in [1.165, 1.54) is 0 Å². The third kappa shape index (κ3) is 2.12. The van der Waals surface area contributed by atoms with Crippen LogP contribution in [-0.4, -0.2) is 23.5 Å². The van der Waals surface area contributed by atoms with E-state index in [-0.39, 0.29) is 13.0 Å². The van der Waals surface area contributed by atoms with E-state index >= 15 is 0 Å². The minimum absolute atomic E-state index is 0.210. The second-order valence-electron chi connectivity index (χ2n) is 5.26. The number of hydrogen-bond acceptors (Lipinski definition) is 4. The molecule has 4 nitrogen and oxygen atoms in total. The third-order valence-electron chi connectivity index (χ3n) is 3.92. The molecule has 4 heteroatoms. The molecule has 0 saturated heterocycles. The van der Waals surface area contributed by atoms with Crippen molar-refractivity contribution in [2.75, 3.05) is 6.61 Å². The first kappa shape index (κ1) is 14.5. The van der Waals surface area contributed by atoms with Crippen molar-refractivity contribution in [3.8, 4) is 11.1 Å². The maximum absolute atomic E-state index is 12.8. The van der Waals surface area contributed by atoms with Gasteiger partial charge in [0.2, 0.25) is 0 Å². The Morgan fingerprint density at radius 1 is 1.05 bits per heavy atom. The first-order valence-electron chi connectivity index (χ1n) is 7.19. The topological polar surface area (TPSA) is 63.6 Å². The maximum atomic E-state index is 12.8. The van der Waals surface area contributed by atoms with Crippen molar-refractivity contribution >= 4 is 11.8 Å². The smallest absolute Gasteiger partial charge is 0.309 e. The van der Waals surface area contributed by atoms with Crippen LogP contribution in [0.3, 0.4) is 0 Å². The van der Waals surface area contributed by atoms with Crippen LogP contribution in [0.2, 0.25) is 0 Å². The Kier molecular flexibility index (Phi) is 3.54. The van der Waals surface area contributed by atoms with E-state index in [2.05, 4.69) is 0 Å². The fraction of sp³-hybridized carbons (Fsp3) is 0.222. The average molecular weight is 296 g/mol. The Labute approximate surface area is 128 Å². The van der Waals surface area contributed by atoms with Crippen LogP contribution < -0.4 is 0 Å². The molecule has 2 aromatic rings. The lowest BCUT2D eigenvalue weighted by atomic mass is 9.73. The van der Waals surface area contributed by atoms with Crippen LogP contribution in [-0.2, 0) is 15.1 Å². The van der Waals surface area contributed by atoms with E-state index in [9.17, 15) is 14.7 Å². The first-order chi connectivity index (χ1) is 10.6. The van der Waals surface area contributed by atoms with Crippen molar-refractivity contribution in [2.45, 2.75) is 18.9 Å². The summed E-state index contributed by atoms with van der Waals surface area (Å²) in [6, 6.07) is 14.2. The summed E-state index contributed by atoms with van der Waals surface area (Å²) in [6.45, 7) is 1.90. The van der Waals surface area contributed by atoms with Gasteiger partial charge in [-0.2, -0.15) is 0 Å². The number of aliphatic hydroxyl groups is 1. The standard InChI is InChI=1S/C18H16O4/c1-2-22-16(19)11-18(21)15-10-6-5-8-13(15)12-7-3-4-9-14(12)17(18)20/h3-10,21H,2,11H2,1H3/t18-/m0/s1. The molecule has 112 valence electrons. The molecule has 0 aliphatic heterocycles. The fourth-order valence-electron chi connectivity index (χ4n) is 2.94. The van der Waals surface area contributed by atoms with Crippen molar-refractivity contribution in [1.29, 1.82) is 0 Å². The SMILES string of the molecule is CCOC(=O)C[C@@]1(O)C(=O)c2ccccc2-c2ccccc21. The molecule has 1 aliphatic carbocycles. The van der Waals surface area contributed by atoms with Gasteiger partial charge in [-0.1, -0.05) is 48.5 Å². The van der Waals surface area contributed by atoms with Gasteiger partial charge in [-0.05, 0) is 23.6 Å². The predicted octanol–water partition coefficient (Wildman–Crippen LogP) is 2.69. The van der Waals surface area contributed by atoms with Crippen LogP contribution in [0.5, 0.6) is 0 Å². The molecule has 0 spiro atoms. The van der Waals surface area contributed by atoms with Crippen LogP contribution in [0, 0.1) is 0 Å². The van der Waals surface area contributed by atoms with Crippen LogP contribution >= 0.6 is 0 Å². The normalized spacial score (nSPS) is 19.3. The van der Waals surface area contributed by atoms with Crippen molar-refractivity contribution in [1.82, 2.24) is 0 Å². The molecule has 3 rings (SSSR count). The van der Waals surface area contributed by atoms with Gasteiger partial charge in [-0.15, -0.1) is 0 Å². The van der Waals surface area contributed by atoms with E-state index in [1.807, 2.05) is 24.3 Å². The van der Waals surface area contributed by atoms with Gasteiger partial charge in [0.25, 0.3) is 0 Å². The van der Waals surface area contributed by atoms with Crippen LogP contribution in [0.1, 0.15) is 29.3 Å². The van der Waals surface area contributed by atoms with Gasteiger partial charge in [0.1, 0.15) is 0 Å². The minimum atomic E-state index is -1.88. The van der Waals surface area contributed by atoms with Crippen molar-refractivity contribution < 1.29 is 19.4 Å². The molecule has 0 unspecified atom stereocenters. The van der Waals surface area contributed by atoms with E-state index in [1.54, 1.807) is 31.2 Å². The van der Waals surface area contributed by atoms with Crippen molar-refractivity contribution in [3.05, 3.63) is 59.7 Å². The quantitative estimate of drug-likeness (QED) is 0.885. The molecule has 1 aliphatic rings. The van der Waals surface area contributed by atoms with Gasteiger partial charge >= 0.3 is 5.97 Å². The highest BCUT2D eigenvalue weighted by Crippen LogP contribution is 2.43. The number of esters is 1. The molecule has 0 amide bonds. The van der Waals surface area contributed by atoms with Gasteiger partial charge in [-0.25, -0.2) is 0 Å². The van der Waals surface area contributed by atoms with Gasteiger partial charge in [0.05, 0.1) is 13.0 Å². The molecule has 0 fully saturated rings. The summed E-state index contributed by atoms with van der Waals surface area (Å²) in [4.78, 5) is 24.6. The Morgan fingerprint density at radius 3 is 2.32 bits per heavy atom. The Hall–Kier alpha value is -2.46. The molecule has 1 atom stereocenters. The maximum Gasteiger partial charge on any atom is 0.309 e. The number of fused-ring (bicyclic) bond motifs is 3. The lowest BCUT2D eigenvalue weighted by Crippen LogP contribution is -2.41. The summed E-state index contributed by atoms with van der Waals surface area (Å²) in [5.41, 5.74) is 0.540. The number of rotatable bonds is 3.